The lowest BCUT2D eigenvalue weighted by molar-refractivity contribution is 0.583. The Morgan fingerprint density at radius 2 is 1.79 bits per heavy atom. The fourth-order valence-corrected chi connectivity index (χ4v) is 3.44. The average molecular weight is 277 g/mol. The molecule has 0 bridgehead atoms. The van der Waals surface area contributed by atoms with E-state index in [-0.39, 0.29) is 17.7 Å². The van der Waals surface area contributed by atoms with E-state index in [1.165, 1.54) is 23.9 Å². The number of para-hydroxylation sites is 1. The van der Waals surface area contributed by atoms with Crippen LogP contribution in [-0.4, -0.2) is 5.75 Å². The zero-order valence-corrected chi connectivity index (χ0v) is 11.0. The molecule has 0 saturated heterocycles. The third-order valence-corrected chi connectivity index (χ3v) is 4.39. The second-order valence-corrected chi connectivity index (χ2v) is 5.58. The molecule has 1 aliphatic rings. The maximum absolute atomic E-state index is 13.7. The van der Waals surface area contributed by atoms with Gasteiger partial charge in [-0.15, -0.1) is 11.8 Å². The Labute approximate surface area is 115 Å². The van der Waals surface area contributed by atoms with Crippen LogP contribution in [-0.2, 0) is 0 Å². The average Bonchev–Trinajstić information content (AvgIpc) is 2.42. The van der Waals surface area contributed by atoms with Crippen molar-refractivity contribution in [2.24, 2.45) is 0 Å². The minimum atomic E-state index is -0.279. The van der Waals surface area contributed by atoms with Crippen LogP contribution in [0.25, 0.3) is 0 Å². The molecule has 1 atom stereocenters. The lowest BCUT2D eigenvalue weighted by Gasteiger charge is -2.27. The van der Waals surface area contributed by atoms with Gasteiger partial charge in [-0.25, -0.2) is 8.78 Å². The summed E-state index contributed by atoms with van der Waals surface area (Å²) in [6.45, 7) is 0. The van der Waals surface area contributed by atoms with Gasteiger partial charge in [-0.3, -0.25) is 0 Å². The molecule has 0 radical (unpaired) electrons. The largest absolute Gasteiger partial charge is 0.376 e. The number of fused-ring (bicyclic) bond motifs is 1. The molecule has 1 N–H and O–H groups in total. The van der Waals surface area contributed by atoms with E-state index < -0.39 is 0 Å². The van der Waals surface area contributed by atoms with Gasteiger partial charge in [0.05, 0.1) is 11.7 Å². The molecule has 2 aromatic rings. The number of thioether (sulfide) groups is 1. The van der Waals surface area contributed by atoms with Crippen molar-refractivity contribution in [3.05, 3.63) is 59.7 Å². The number of anilines is 1. The first-order chi connectivity index (χ1) is 9.25. The molecule has 3 rings (SSSR count). The van der Waals surface area contributed by atoms with Crippen LogP contribution in [0.2, 0.25) is 0 Å². The van der Waals surface area contributed by atoms with Crippen LogP contribution in [0.4, 0.5) is 14.5 Å². The van der Waals surface area contributed by atoms with Gasteiger partial charge < -0.3 is 5.32 Å². The molecular weight excluding hydrogens is 264 g/mol. The van der Waals surface area contributed by atoms with Crippen LogP contribution in [0.3, 0.4) is 0 Å². The summed E-state index contributed by atoms with van der Waals surface area (Å²) in [6, 6.07) is 11.6. The number of nitrogens with one attached hydrogen (secondary N) is 1. The van der Waals surface area contributed by atoms with Gasteiger partial charge >= 0.3 is 0 Å². The normalized spacial score (nSPS) is 17.9. The highest BCUT2D eigenvalue weighted by Crippen LogP contribution is 2.39. The number of rotatable bonds is 2. The fourth-order valence-electron chi connectivity index (χ4n) is 2.30. The summed E-state index contributed by atoms with van der Waals surface area (Å²) < 4.78 is 27.4. The molecule has 2 aromatic carbocycles. The molecule has 0 aliphatic carbocycles. The third kappa shape index (κ3) is 2.45. The summed E-state index contributed by atoms with van der Waals surface area (Å²) in [7, 11) is 0. The van der Waals surface area contributed by atoms with Crippen molar-refractivity contribution in [1.82, 2.24) is 0 Å². The molecule has 19 heavy (non-hydrogen) atoms. The SMILES string of the molecule is Fc1ccccc1NC1CCSc2c(F)cccc21. The molecule has 0 fully saturated rings. The van der Waals surface area contributed by atoms with Crippen LogP contribution in [0, 0.1) is 11.6 Å². The molecule has 0 saturated carbocycles. The van der Waals surface area contributed by atoms with E-state index in [0.29, 0.717) is 10.6 Å². The number of benzene rings is 2. The summed E-state index contributed by atoms with van der Waals surface area (Å²) in [4.78, 5) is 0.683. The van der Waals surface area contributed by atoms with E-state index in [1.54, 1.807) is 24.3 Å². The van der Waals surface area contributed by atoms with E-state index in [0.717, 1.165) is 17.7 Å². The van der Waals surface area contributed by atoms with Gasteiger partial charge in [-0.1, -0.05) is 24.3 Å². The molecule has 0 amide bonds. The van der Waals surface area contributed by atoms with Crippen LogP contribution in [0.5, 0.6) is 0 Å². The van der Waals surface area contributed by atoms with Crippen LogP contribution in [0.15, 0.2) is 47.4 Å². The molecule has 1 aliphatic heterocycles. The molecule has 1 nitrogen and oxygen atoms in total. The summed E-state index contributed by atoms with van der Waals surface area (Å²) in [5.74, 6) is 0.362. The standard InChI is InChI=1S/C15H13F2NS/c16-11-5-1-2-7-14(11)18-13-8-9-19-15-10(13)4-3-6-12(15)17/h1-7,13,18H,8-9H2. The number of hydrogen-bond acceptors (Lipinski definition) is 2. The Balaban J connectivity index is 1.92. The van der Waals surface area contributed by atoms with Crippen molar-refractivity contribution in [3.63, 3.8) is 0 Å². The highest BCUT2D eigenvalue weighted by atomic mass is 32.2. The molecule has 98 valence electrons. The molecule has 0 aromatic heterocycles. The minimum absolute atomic E-state index is 0.0381. The monoisotopic (exact) mass is 277 g/mol. The van der Waals surface area contributed by atoms with Crippen molar-refractivity contribution in [1.29, 1.82) is 0 Å². The van der Waals surface area contributed by atoms with Gasteiger partial charge in [0.25, 0.3) is 0 Å². The van der Waals surface area contributed by atoms with Crippen molar-refractivity contribution in [2.75, 3.05) is 11.1 Å². The van der Waals surface area contributed by atoms with E-state index >= 15 is 0 Å². The maximum Gasteiger partial charge on any atom is 0.146 e. The Morgan fingerprint density at radius 1 is 1.00 bits per heavy atom. The van der Waals surface area contributed by atoms with Crippen molar-refractivity contribution in [3.8, 4) is 0 Å². The smallest absolute Gasteiger partial charge is 0.146 e. The van der Waals surface area contributed by atoms with Gasteiger partial charge in [-0.2, -0.15) is 0 Å². The first kappa shape index (κ1) is 12.5. The lowest BCUT2D eigenvalue weighted by Crippen LogP contribution is -2.17. The predicted molar refractivity (Wildman–Crippen MR) is 74.5 cm³/mol. The topological polar surface area (TPSA) is 12.0 Å². The van der Waals surface area contributed by atoms with Gasteiger partial charge in [0.1, 0.15) is 11.6 Å². The van der Waals surface area contributed by atoms with Crippen LogP contribution in [0.1, 0.15) is 18.0 Å². The highest BCUT2D eigenvalue weighted by Gasteiger charge is 2.23. The molecular formula is C15H13F2NS. The van der Waals surface area contributed by atoms with Crippen molar-refractivity contribution in [2.45, 2.75) is 17.4 Å². The predicted octanol–water partition coefficient (Wildman–Crippen LogP) is 4.61. The summed E-state index contributed by atoms with van der Waals surface area (Å²) >= 11 is 1.53. The van der Waals surface area contributed by atoms with E-state index in [9.17, 15) is 8.78 Å². The Bertz CT molecular complexity index is 600. The van der Waals surface area contributed by atoms with E-state index in [2.05, 4.69) is 5.32 Å². The first-order valence-electron chi connectivity index (χ1n) is 6.18. The van der Waals surface area contributed by atoms with Gasteiger partial charge in [0, 0.05) is 10.6 Å². The first-order valence-corrected chi connectivity index (χ1v) is 7.16. The fraction of sp³-hybridized carbons (Fsp3) is 0.200. The quantitative estimate of drug-likeness (QED) is 0.860. The van der Waals surface area contributed by atoms with Gasteiger partial charge in [-0.05, 0) is 30.2 Å². The maximum atomic E-state index is 13.7. The highest BCUT2D eigenvalue weighted by molar-refractivity contribution is 7.99. The van der Waals surface area contributed by atoms with E-state index in [1.807, 2.05) is 6.07 Å². The molecule has 4 heteroatoms. The zero-order chi connectivity index (χ0) is 13.2. The lowest BCUT2D eigenvalue weighted by atomic mass is 10.0. The van der Waals surface area contributed by atoms with Gasteiger partial charge in [0.15, 0.2) is 0 Å². The summed E-state index contributed by atoms with van der Waals surface area (Å²) in [6.07, 6.45) is 0.857. The summed E-state index contributed by atoms with van der Waals surface area (Å²) in [5.41, 5.74) is 1.38. The number of halogens is 2. The molecule has 1 heterocycles. The minimum Gasteiger partial charge on any atom is -0.376 e. The third-order valence-electron chi connectivity index (χ3n) is 3.23. The summed E-state index contributed by atoms with van der Waals surface area (Å²) in [5, 5.41) is 3.18. The second-order valence-electron chi connectivity index (χ2n) is 4.47. The Kier molecular flexibility index (Phi) is 3.42. The second kappa shape index (κ2) is 5.21. The number of hydrogen-bond donors (Lipinski definition) is 1. The Hall–Kier alpha value is -1.55. The zero-order valence-electron chi connectivity index (χ0n) is 10.2. The van der Waals surface area contributed by atoms with Gasteiger partial charge in [0.2, 0.25) is 0 Å². The van der Waals surface area contributed by atoms with Crippen molar-refractivity contribution < 1.29 is 8.78 Å². The molecule has 1 unspecified atom stereocenters. The molecule has 0 spiro atoms. The van der Waals surface area contributed by atoms with E-state index in [4.69, 9.17) is 0 Å². The van der Waals surface area contributed by atoms with Crippen LogP contribution >= 0.6 is 11.8 Å². The Morgan fingerprint density at radius 3 is 2.63 bits per heavy atom. The van der Waals surface area contributed by atoms with Crippen molar-refractivity contribution >= 4 is 17.4 Å². The van der Waals surface area contributed by atoms with Crippen LogP contribution < -0.4 is 5.32 Å².